The number of benzene rings is 1. The van der Waals surface area contributed by atoms with E-state index in [1.165, 1.54) is 0 Å². The van der Waals surface area contributed by atoms with Crippen LogP contribution < -0.4 is 0 Å². The summed E-state index contributed by atoms with van der Waals surface area (Å²) < 4.78 is 66.1. The highest BCUT2D eigenvalue weighted by Gasteiger charge is 2.68. The van der Waals surface area contributed by atoms with Crippen LogP contribution in [-0.4, -0.2) is 168 Å². The summed E-state index contributed by atoms with van der Waals surface area (Å²) >= 11 is 0. The number of aliphatic hydroxyl groups excluding tert-OH is 6. The highest BCUT2D eigenvalue weighted by atomic mass is 32.2. The van der Waals surface area contributed by atoms with Crippen molar-refractivity contribution in [1.82, 2.24) is 9.80 Å². The summed E-state index contributed by atoms with van der Waals surface area (Å²) in [4.78, 5) is 30.4. The van der Waals surface area contributed by atoms with Crippen LogP contribution in [0.3, 0.4) is 0 Å². The molecule has 0 aromatic heterocycles. The second-order valence-electron chi connectivity index (χ2n) is 16.8. The zero-order valence-electron chi connectivity index (χ0n) is 34.1. The predicted octanol–water partition coefficient (Wildman–Crippen LogP) is 0.770. The van der Waals surface area contributed by atoms with Crippen LogP contribution in [0, 0.1) is 33.5 Å². The number of Topliss-reactive ketones (excluding diaryl/α,β-unsaturated/α-hetero) is 2. The Balaban J connectivity index is 0.000000371. The van der Waals surface area contributed by atoms with Crippen LogP contribution in [0.15, 0.2) is 35.4 Å². The lowest BCUT2D eigenvalue weighted by molar-refractivity contribution is -0.125. The molecule has 4 aliphatic rings. The molecule has 330 valence electrons. The number of fused-ring (bicyclic) bond motifs is 4. The molecule has 4 atom stereocenters. The second kappa shape index (κ2) is 20.4. The number of nitrogens with zero attached hydrogens (tertiary/aromatic N) is 2. The van der Waals surface area contributed by atoms with Crippen LogP contribution in [-0.2, 0) is 29.8 Å². The highest BCUT2D eigenvalue weighted by molar-refractivity contribution is 7.86. The van der Waals surface area contributed by atoms with Crippen molar-refractivity contribution in [3.8, 4) is 0 Å². The van der Waals surface area contributed by atoms with E-state index in [9.17, 15) is 35.5 Å². The smallest absolute Gasteiger partial charge is 0.265 e. The quantitative estimate of drug-likeness (QED) is 0.0748. The van der Waals surface area contributed by atoms with Crippen molar-refractivity contribution in [2.24, 2.45) is 33.5 Å². The topological polar surface area (TPSA) is 271 Å². The van der Waals surface area contributed by atoms with Crippen LogP contribution in [0.5, 0.6) is 0 Å². The first-order valence-corrected chi connectivity index (χ1v) is 22.9. The zero-order chi connectivity index (χ0) is 43.7. The summed E-state index contributed by atoms with van der Waals surface area (Å²) in [6.45, 7) is 11.1. The Morgan fingerprint density at radius 3 is 1.03 bits per heavy atom. The molecule has 1 aromatic rings. The molecule has 5 rings (SSSR count). The number of carbonyl (C=O) groups excluding carboxylic acids is 2. The van der Waals surface area contributed by atoms with Crippen LogP contribution >= 0.6 is 0 Å². The molecule has 0 aliphatic heterocycles. The monoisotopic (exact) mass is 860 g/mol. The highest BCUT2D eigenvalue weighted by Crippen LogP contribution is 2.67. The summed E-state index contributed by atoms with van der Waals surface area (Å²) in [5, 5.41) is 50.9. The molecule has 16 nitrogen and oxygen atoms in total. The predicted molar refractivity (Wildman–Crippen MR) is 219 cm³/mol. The standard InChI is InChI=1S/C28H34O8S2.2C6H15NO3/c1-25(2)21-9-11-27(25,15-37(31,32)33)23(29)19(21)13-17-5-7-18(8-6-17)14-20-22-10-12-28(24(20)30,26(22,3)4)16-38(34,35)36;2*8-4-1-7(2-5-9)3-6-10/h5-8,13-14,21-22H,9-12,15-16H2,1-4H3,(H,31,32,33)(H,34,35,36);2*8-10H,1-6H2/b19-13-,20-14+;;. The Morgan fingerprint density at radius 1 is 0.552 bits per heavy atom. The molecule has 4 fully saturated rings. The van der Waals surface area contributed by atoms with Crippen molar-refractivity contribution in [1.29, 1.82) is 0 Å². The number of carbonyl (C=O) groups is 2. The fourth-order valence-corrected chi connectivity index (χ4v) is 12.3. The summed E-state index contributed by atoms with van der Waals surface area (Å²) in [5.74, 6) is -1.80. The number of allylic oxidation sites excluding steroid dienone is 2. The van der Waals surface area contributed by atoms with Crippen molar-refractivity contribution < 1.29 is 66.2 Å². The van der Waals surface area contributed by atoms with Crippen LogP contribution in [0.4, 0.5) is 0 Å². The van der Waals surface area contributed by atoms with Gasteiger partial charge in [-0.15, -0.1) is 0 Å². The molecule has 4 bridgehead atoms. The fraction of sp³-hybridized carbons (Fsp3) is 0.700. The molecule has 58 heavy (non-hydrogen) atoms. The van der Waals surface area contributed by atoms with Gasteiger partial charge in [-0.1, -0.05) is 52.0 Å². The van der Waals surface area contributed by atoms with Gasteiger partial charge in [-0.3, -0.25) is 28.5 Å². The minimum absolute atomic E-state index is 0.0694. The number of aliphatic hydroxyl groups is 6. The Labute approximate surface area is 342 Å². The maximum atomic E-state index is 13.4. The number of hydrogen-bond acceptors (Lipinski definition) is 14. The third kappa shape index (κ3) is 11.1. The number of rotatable bonds is 18. The van der Waals surface area contributed by atoms with E-state index in [1.54, 1.807) is 22.0 Å². The van der Waals surface area contributed by atoms with E-state index in [4.69, 9.17) is 30.6 Å². The van der Waals surface area contributed by atoms with Gasteiger partial charge in [-0.05, 0) is 71.6 Å². The molecular formula is C40H64N2O14S2. The third-order valence-electron chi connectivity index (χ3n) is 13.0. The van der Waals surface area contributed by atoms with Gasteiger partial charge in [0.05, 0.1) is 62.0 Å². The Kier molecular flexibility index (Phi) is 17.6. The molecule has 0 saturated heterocycles. The molecule has 4 aliphatic carbocycles. The van der Waals surface area contributed by atoms with Gasteiger partial charge in [0, 0.05) is 50.4 Å². The molecule has 18 heteroatoms. The minimum Gasteiger partial charge on any atom is -0.395 e. The Hall–Kier alpha value is -2.46. The molecule has 0 amide bonds. The van der Waals surface area contributed by atoms with E-state index in [0.29, 0.717) is 76.1 Å². The zero-order valence-corrected chi connectivity index (χ0v) is 35.7. The van der Waals surface area contributed by atoms with Gasteiger partial charge >= 0.3 is 0 Å². The van der Waals surface area contributed by atoms with Gasteiger partial charge in [0.25, 0.3) is 20.2 Å². The minimum atomic E-state index is -4.33. The van der Waals surface area contributed by atoms with Crippen molar-refractivity contribution >= 4 is 44.0 Å². The van der Waals surface area contributed by atoms with Crippen molar-refractivity contribution in [2.75, 3.05) is 90.4 Å². The van der Waals surface area contributed by atoms with Gasteiger partial charge in [0.15, 0.2) is 11.6 Å². The van der Waals surface area contributed by atoms with Gasteiger partial charge in [0.2, 0.25) is 0 Å². The first kappa shape index (κ1) is 49.9. The lowest BCUT2D eigenvalue weighted by atomic mass is 9.70. The van der Waals surface area contributed by atoms with Gasteiger partial charge in [0.1, 0.15) is 0 Å². The molecule has 0 radical (unpaired) electrons. The summed E-state index contributed by atoms with van der Waals surface area (Å²) in [6.07, 6.45) is 5.80. The average molecular weight is 861 g/mol. The maximum Gasteiger partial charge on any atom is 0.265 e. The van der Waals surface area contributed by atoms with Crippen molar-refractivity contribution in [3.05, 3.63) is 46.5 Å². The number of ketones is 2. The second-order valence-corrected chi connectivity index (χ2v) is 19.7. The van der Waals surface area contributed by atoms with Gasteiger partial charge in [-0.25, -0.2) is 0 Å². The molecule has 0 spiro atoms. The van der Waals surface area contributed by atoms with E-state index in [0.717, 1.165) is 11.1 Å². The molecule has 8 N–H and O–H groups in total. The average Bonchev–Trinajstić information content (AvgIpc) is 3.63. The first-order valence-electron chi connectivity index (χ1n) is 19.7. The summed E-state index contributed by atoms with van der Waals surface area (Å²) in [7, 11) is -8.66. The summed E-state index contributed by atoms with van der Waals surface area (Å²) in [5.41, 5.74) is -0.762. The largest absolute Gasteiger partial charge is 0.395 e. The Bertz CT molecular complexity index is 1680. The molecule has 1 aromatic carbocycles. The Morgan fingerprint density at radius 2 is 0.810 bits per heavy atom. The van der Waals surface area contributed by atoms with E-state index < -0.39 is 53.4 Å². The molecule has 0 heterocycles. The van der Waals surface area contributed by atoms with Crippen LogP contribution in [0.1, 0.15) is 64.5 Å². The fourth-order valence-electron chi connectivity index (χ4n) is 9.75. The summed E-state index contributed by atoms with van der Waals surface area (Å²) in [6, 6.07) is 7.33. The van der Waals surface area contributed by atoms with Crippen LogP contribution in [0.25, 0.3) is 12.2 Å². The van der Waals surface area contributed by atoms with Gasteiger partial charge in [-0.2, -0.15) is 16.8 Å². The maximum absolute atomic E-state index is 13.4. The van der Waals surface area contributed by atoms with E-state index in [1.807, 2.05) is 52.0 Å². The lowest BCUT2D eigenvalue weighted by Crippen LogP contribution is -2.42. The first-order chi connectivity index (χ1) is 27.0. The van der Waals surface area contributed by atoms with Crippen molar-refractivity contribution in [2.45, 2.75) is 53.4 Å². The van der Waals surface area contributed by atoms with Gasteiger partial charge < -0.3 is 30.6 Å². The number of hydrogen-bond donors (Lipinski definition) is 8. The molecular weight excluding hydrogens is 797 g/mol. The molecule has 4 unspecified atom stereocenters. The van der Waals surface area contributed by atoms with E-state index in [-0.39, 0.29) is 63.0 Å². The SMILES string of the molecule is CC1(C)C2CCC1(CS(=O)(=O)O)C(=O)/C2=C\c1ccc(/C=C2/C(=O)C3(CS(=O)(=O)O)CCC2C3(C)C)cc1.OCCN(CCO)CCO.OCCN(CCO)CCO. The van der Waals surface area contributed by atoms with Crippen LogP contribution in [0.2, 0.25) is 0 Å². The van der Waals surface area contributed by atoms with Crippen molar-refractivity contribution in [3.63, 3.8) is 0 Å². The molecule has 4 saturated carbocycles. The normalized spacial score (nSPS) is 27.1. The lowest BCUT2D eigenvalue weighted by Gasteiger charge is -2.34. The van der Waals surface area contributed by atoms with E-state index >= 15 is 0 Å². The van der Waals surface area contributed by atoms with E-state index in [2.05, 4.69) is 0 Å². The third-order valence-corrected chi connectivity index (χ3v) is 14.7.